The molecule has 4 N–H and O–H groups in total. The highest BCUT2D eigenvalue weighted by atomic mass is 16.5. The molecule has 2 rings (SSSR count). The minimum Gasteiger partial charge on any atom is -0.370 e. The number of aromatic amines is 1. The fourth-order valence-electron chi connectivity index (χ4n) is 1.74. The number of rotatable bonds is 6. The summed E-state index contributed by atoms with van der Waals surface area (Å²) in [5, 5.41) is 4.54. The molecule has 1 amide bonds. The van der Waals surface area contributed by atoms with Gasteiger partial charge in [-0.1, -0.05) is 18.2 Å². The van der Waals surface area contributed by atoms with E-state index in [4.69, 9.17) is 10.5 Å². The molecule has 6 nitrogen and oxygen atoms in total. The van der Waals surface area contributed by atoms with Gasteiger partial charge in [0.05, 0.1) is 6.61 Å². The number of aromatic nitrogens is 1. The lowest BCUT2D eigenvalue weighted by Crippen LogP contribution is -2.21. The summed E-state index contributed by atoms with van der Waals surface area (Å²) >= 11 is 0. The van der Waals surface area contributed by atoms with Crippen LogP contribution in [0, 0.1) is 0 Å². The van der Waals surface area contributed by atoms with Gasteiger partial charge in [0, 0.05) is 11.9 Å². The van der Waals surface area contributed by atoms with E-state index < -0.39 is 5.91 Å². The van der Waals surface area contributed by atoms with Gasteiger partial charge in [-0.2, -0.15) is 0 Å². The molecule has 0 unspecified atom stereocenters. The highest BCUT2D eigenvalue weighted by molar-refractivity contribution is 5.83. The van der Waals surface area contributed by atoms with Crippen LogP contribution in [0.5, 0.6) is 0 Å². The molecule has 0 aliphatic rings. The first-order valence-corrected chi connectivity index (χ1v) is 5.89. The summed E-state index contributed by atoms with van der Waals surface area (Å²) in [6.45, 7) is 0.704. The first-order valence-electron chi connectivity index (χ1n) is 5.89. The van der Waals surface area contributed by atoms with Crippen LogP contribution in [0.15, 0.2) is 35.1 Å². The zero-order valence-electron chi connectivity index (χ0n) is 10.3. The van der Waals surface area contributed by atoms with E-state index in [9.17, 15) is 9.59 Å². The Hall–Kier alpha value is -2.34. The van der Waals surface area contributed by atoms with Crippen molar-refractivity contribution in [3.05, 3.63) is 40.7 Å². The Bertz CT molecular complexity index is 636. The smallest absolute Gasteiger partial charge is 0.257 e. The monoisotopic (exact) mass is 261 g/mol. The third-order valence-electron chi connectivity index (χ3n) is 2.56. The van der Waals surface area contributed by atoms with Gasteiger partial charge in [0.15, 0.2) is 0 Å². The maximum atomic E-state index is 11.8. The van der Waals surface area contributed by atoms with E-state index in [-0.39, 0.29) is 12.2 Å². The summed E-state index contributed by atoms with van der Waals surface area (Å²) in [4.78, 5) is 25.0. The van der Waals surface area contributed by atoms with E-state index >= 15 is 0 Å². The number of amides is 1. The summed E-state index contributed by atoms with van der Waals surface area (Å²) in [6, 6.07) is 9.20. The average molecular weight is 261 g/mol. The van der Waals surface area contributed by atoms with Crippen LogP contribution in [-0.4, -0.2) is 30.6 Å². The normalized spacial score (nSPS) is 10.5. The summed E-state index contributed by atoms with van der Waals surface area (Å²) in [6.07, 6.45) is 0. The Labute approximate surface area is 109 Å². The topological polar surface area (TPSA) is 97.2 Å². The number of carbonyl (C=O) groups excluding carboxylic acids is 1. The Kier molecular flexibility index (Phi) is 4.15. The van der Waals surface area contributed by atoms with Crippen molar-refractivity contribution in [3.63, 3.8) is 0 Å². The number of benzene rings is 1. The highest BCUT2D eigenvalue weighted by Gasteiger charge is 2.00. The van der Waals surface area contributed by atoms with Gasteiger partial charge >= 0.3 is 0 Å². The second kappa shape index (κ2) is 6.01. The summed E-state index contributed by atoms with van der Waals surface area (Å²) < 4.78 is 5.01. The van der Waals surface area contributed by atoms with Gasteiger partial charge in [-0.15, -0.1) is 0 Å². The average Bonchev–Trinajstić information content (AvgIpc) is 2.38. The molecular formula is C13H15N3O3. The second-order valence-corrected chi connectivity index (χ2v) is 4.05. The molecule has 6 heteroatoms. The van der Waals surface area contributed by atoms with Crippen LogP contribution in [0.4, 0.5) is 5.82 Å². The summed E-state index contributed by atoms with van der Waals surface area (Å²) in [5.74, 6) is 0.116. The third kappa shape index (κ3) is 3.56. The zero-order chi connectivity index (χ0) is 13.7. The van der Waals surface area contributed by atoms with E-state index in [1.165, 1.54) is 0 Å². The summed E-state index contributed by atoms with van der Waals surface area (Å²) in [5.41, 5.74) is 4.80. The summed E-state index contributed by atoms with van der Waals surface area (Å²) in [7, 11) is 0. The molecule has 0 spiro atoms. The lowest BCUT2D eigenvalue weighted by molar-refractivity contribution is -0.122. The van der Waals surface area contributed by atoms with Crippen LogP contribution in [0.3, 0.4) is 0 Å². The number of H-pyrrole nitrogens is 1. The maximum Gasteiger partial charge on any atom is 0.257 e. The molecule has 0 aliphatic carbocycles. The number of fused-ring (bicyclic) bond motifs is 1. The van der Waals surface area contributed by atoms with Crippen molar-refractivity contribution in [3.8, 4) is 0 Å². The lowest BCUT2D eigenvalue weighted by atomic mass is 10.2. The number of ether oxygens (including phenoxy) is 1. The van der Waals surface area contributed by atoms with Gasteiger partial charge in [0.1, 0.15) is 12.4 Å². The maximum absolute atomic E-state index is 11.8. The number of hydrogen-bond donors (Lipinski definition) is 3. The molecular weight excluding hydrogens is 246 g/mol. The van der Waals surface area contributed by atoms with Crippen molar-refractivity contribution in [2.45, 2.75) is 0 Å². The largest absolute Gasteiger partial charge is 0.370 e. The highest BCUT2D eigenvalue weighted by Crippen LogP contribution is 2.12. The van der Waals surface area contributed by atoms with Crippen molar-refractivity contribution >= 4 is 22.5 Å². The van der Waals surface area contributed by atoms with Crippen LogP contribution < -0.4 is 16.6 Å². The molecule has 19 heavy (non-hydrogen) atoms. The quantitative estimate of drug-likeness (QED) is 0.657. The minimum atomic E-state index is -0.501. The van der Waals surface area contributed by atoms with Crippen molar-refractivity contribution in [2.24, 2.45) is 5.73 Å². The first kappa shape index (κ1) is 13.1. The van der Waals surface area contributed by atoms with E-state index in [1.54, 1.807) is 6.07 Å². The van der Waals surface area contributed by atoms with Crippen molar-refractivity contribution in [1.82, 2.24) is 4.98 Å². The molecule has 0 atom stereocenters. The molecule has 1 heterocycles. The van der Waals surface area contributed by atoms with Crippen molar-refractivity contribution < 1.29 is 9.53 Å². The van der Waals surface area contributed by atoms with Crippen LogP contribution >= 0.6 is 0 Å². The molecule has 0 saturated carbocycles. The predicted octanol–water partition coefficient (Wildman–Crippen LogP) is 0.442. The molecule has 0 saturated heterocycles. The molecule has 0 aliphatic heterocycles. The molecule has 100 valence electrons. The van der Waals surface area contributed by atoms with Crippen LogP contribution in [0.1, 0.15) is 0 Å². The minimum absolute atomic E-state index is 0.101. The Balaban J connectivity index is 1.98. The van der Waals surface area contributed by atoms with E-state index in [0.717, 1.165) is 5.39 Å². The number of anilines is 1. The molecule has 0 radical (unpaired) electrons. The lowest BCUT2D eigenvalue weighted by Gasteiger charge is -2.07. The van der Waals surface area contributed by atoms with Gasteiger partial charge in [0.25, 0.3) is 5.56 Å². The van der Waals surface area contributed by atoms with Crippen molar-refractivity contribution in [1.29, 1.82) is 0 Å². The van der Waals surface area contributed by atoms with E-state index in [0.29, 0.717) is 24.4 Å². The number of hydrogen-bond acceptors (Lipinski definition) is 4. The number of primary amides is 1. The molecule has 1 aromatic heterocycles. The third-order valence-corrected chi connectivity index (χ3v) is 2.56. The second-order valence-electron chi connectivity index (χ2n) is 4.05. The first-order chi connectivity index (χ1) is 9.16. The Morgan fingerprint density at radius 3 is 2.95 bits per heavy atom. The SMILES string of the molecule is NC(=O)COCCNc1cc2ccccc2c(=O)[nH]1. The van der Waals surface area contributed by atoms with Gasteiger partial charge in [-0.25, -0.2) is 0 Å². The van der Waals surface area contributed by atoms with Crippen LogP contribution in [0.2, 0.25) is 0 Å². The molecule has 1 aromatic carbocycles. The van der Waals surface area contributed by atoms with Gasteiger partial charge in [-0.05, 0) is 17.5 Å². The number of carbonyl (C=O) groups is 1. The number of pyridine rings is 1. The van der Waals surface area contributed by atoms with Crippen molar-refractivity contribution in [2.75, 3.05) is 25.1 Å². The standard InChI is InChI=1S/C13H15N3O3/c14-11(17)8-19-6-5-15-12-7-9-3-1-2-4-10(9)13(18)16-12/h1-4,7H,5-6,8H2,(H2,14,17)(H2,15,16,18). The predicted molar refractivity (Wildman–Crippen MR) is 73.1 cm³/mol. The molecule has 0 bridgehead atoms. The van der Waals surface area contributed by atoms with Crippen LogP contribution in [0.25, 0.3) is 10.8 Å². The van der Waals surface area contributed by atoms with E-state index in [2.05, 4.69) is 10.3 Å². The van der Waals surface area contributed by atoms with Gasteiger partial charge < -0.3 is 20.8 Å². The van der Waals surface area contributed by atoms with Gasteiger partial charge in [-0.3, -0.25) is 9.59 Å². The fourth-order valence-corrected chi connectivity index (χ4v) is 1.74. The fraction of sp³-hybridized carbons (Fsp3) is 0.231. The zero-order valence-corrected chi connectivity index (χ0v) is 10.3. The Morgan fingerprint density at radius 2 is 2.16 bits per heavy atom. The molecule has 2 aromatic rings. The Morgan fingerprint density at radius 1 is 1.37 bits per heavy atom. The van der Waals surface area contributed by atoms with E-state index in [1.807, 2.05) is 24.3 Å². The van der Waals surface area contributed by atoms with Crippen LogP contribution in [-0.2, 0) is 9.53 Å². The number of nitrogens with two attached hydrogens (primary N) is 1. The van der Waals surface area contributed by atoms with Gasteiger partial charge in [0.2, 0.25) is 5.91 Å². The molecule has 0 fully saturated rings. The number of nitrogens with one attached hydrogen (secondary N) is 2.